The van der Waals surface area contributed by atoms with E-state index in [-0.39, 0.29) is 29.0 Å². The molecular formula is C23H23F3N6O6. The third-order valence-electron chi connectivity index (χ3n) is 5.50. The predicted octanol–water partition coefficient (Wildman–Crippen LogP) is 2.53. The number of nitrogens with one attached hydrogen (secondary N) is 1. The maximum atomic E-state index is 13.0. The Hall–Kier alpha value is -4.56. The van der Waals surface area contributed by atoms with Gasteiger partial charge in [-0.3, -0.25) is 19.1 Å². The fourth-order valence-electron chi connectivity index (χ4n) is 3.55. The molecule has 1 amide bonds. The lowest BCUT2D eigenvalue weighted by Gasteiger charge is -2.17. The number of hydrogen-bond donors (Lipinski definition) is 2. The molecular weight excluding hydrogens is 513 g/mol. The summed E-state index contributed by atoms with van der Waals surface area (Å²) in [6.45, 7) is 1.84. The minimum atomic E-state index is -5.08. The average molecular weight is 536 g/mol. The topological polar surface area (TPSA) is 158 Å². The molecule has 0 spiro atoms. The van der Waals surface area contributed by atoms with Crippen molar-refractivity contribution >= 4 is 23.7 Å². The van der Waals surface area contributed by atoms with Gasteiger partial charge in [0.1, 0.15) is 12.0 Å². The molecule has 1 aliphatic rings. The number of aryl methyl sites for hydroxylation is 1. The zero-order valence-corrected chi connectivity index (χ0v) is 20.2. The Balaban J connectivity index is 0.000000505. The molecule has 0 aromatic carbocycles. The van der Waals surface area contributed by atoms with Crippen molar-refractivity contribution < 1.29 is 37.4 Å². The highest BCUT2D eigenvalue weighted by molar-refractivity contribution is 5.99. The smallest absolute Gasteiger partial charge is 0.475 e. The molecule has 202 valence electrons. The van der Waals surface area contributed by atoms with Crippen molar-refractivity contribution in [3.8, 4) is 11.4 Å². The van der Waals surface area contributed by atoms with Crippen molar-refractivity contribution in [1.82, 2.24) is 24.3 Å². The van der Waals surface area contributed by atoms with Crippen LogP contribution in [0.1, 0.15) is 42.4 Å². The number of methoxy groups -OCH3 is 1. The summed E-state index contributed by atoms with van der Waals surface area (Å²) in [6, 6.07) is 4.83. The second-order valence-corrected chi connectivity index (χ2v) is 8.18. The normalized spacial score (nSPS) is 15.5. The summed E-state index contributed by atoms with van der Waals surface area (Å²) < 4.78 is 39.2. The first-order chi connectivity index (χ1) is 17.9. The Morgan fingerprint density at radius 1 is 1.18 bits per heavy atom. The van der Waals surface area contributed by atoms with Crippen LogP contribution in [0.4, 0.5) is 19.0 Å². The van der Waals surface area contributed by atoms with Gasteiger partial charge in [-0.2, -0.15) is 18.3 Å². The van der Waals surface area contributed by atoms with Crippen molar-refractivity contribution in [1.29, 1.82) is 0 Å². The molecule has 0 aliphatic carbocycles. The summed E-state index contributed by atoms with van der Waals surface area (Å²) >= 11 is 0. The van der Waals surface area contributed by atoms with E-state index in [9.17, 15) is 27.6 Å². The van der Waals surface area contributed by atoms with Gasteiger partial charge >= 0.3 is 18.1 Å². The van der Waals surface area contributed by atoms with Gasteiger partial charge in [0.2, 0.25) is 5.91 Å². The Morgan fingerprint density at radius 3 is 2.53 bits per heavy atom. The Kier molecular flexibility index (Phi) is 8.60. The molecule has 38 heavy (non-hydrogen) atoms. The van der Waals surface area contributed by atoms with Crippen molar-refractivity contribution in [2.45, 2.75) is 38.8 Å². The van der Waals surface area contributed by atoms with Gasteiger partial charge in [-0.05, 0) is 31.4 Å². The molecule has 2 bridgehead atoms. The van der Waals surface area contributed by atoms with Crippen LogP contribution in [0, 0.1) is 5.92 Å². The van der Waals surface area contributed by atoms with Crippen molar-refractivity contribution in [3.05, 3.63) is 58.7 Å². The number of carboxylic acids is 1. The maximum absolute atomic E-state index is 13.0. The number of alkyl halides is 3. The van der Waals surface area contributed by atoms with E-state index in [1.165, 1.54) is 34.9 Å². The average Bonchev–Trinajstić information content (AvgIpc) is 3.24. The van der Waals surface area contributed by atoms with Gasteiger partial charge in [0.25, 0.3) is 5.56 Å². The van der Waals surface area contributed by atoms with Crippen LogP contribution in [0.3, 0.4) is 0 Å². The van der Waals surface area contributed by atoms with Crippen LogP contribution in [0.2, 0.25) is 0 Å². The number of carboxylic acid groups (broad SMARTS) is 1. The van der Waals surface area contributed by atoms with Gasteiger partial charge in [-0.25, -0.2) is 19.3 Å². The van der Waals surface area contributed by atoms with Crippen LogP contribution in [-0.2, 0) is 20.7 Å². The number of esters is 1. The number of ether oxygens (including phenoxy) is 1. The van der Waals surface area contributed by atoms with Gasteiger partial charge in [-0.1, -0.05) is 13.3 Å². The summed E-state index contributed by atoms with van der Waals surface area (Å²) in [7, 11) is 1.23. The predicted molar refractivity (Wildman–Crippen MR) is 125 cm³/mol. The molecule has 0 fully saturated rings. The van der Waals surface area contributed by atoms with Crippen LogP contribution < -0.4 is 10.9 Å². The molecule has 0 saturated heterocycles. The number of carbonyl (C=O) groups is 3. The number of amides is 1. The van der Waals surface area contributed by atoms with Gasteiger partial charge in [-0.15, -0.1) is 0 Å². The molecule has 1 aliphatic heterocycles. The largest absolute Gasteiger partial charge is 0.490 e. The number of pyridine rings is 1. The van der Waals surface area contributed by atoms with Crippen LogP contribution in [-0.4, -0.2) is 60.6 Å². The first-order valence-corrected chi connectivity index (χ1v) is 11.2. The minimum Gasteiger partial charge on any atom is -0.475 e. The van der Waals surface area contributed by atoms with Crippen molar-refractivity contribution in [3.63, 3.8) is 0 Å². The monoisotopic (exact) mass is 536 g/mol. The van der Waals surface area contributed by atoms with E-state index in [2.05, 4.69) is 20.4 Å². The molecule has 12 nitrogen and oxygen atoms in total. The van der Waals surface area contributed by atoms with E-state index in [0.29, 0.717) is 12.1 Å². The summed E-state index contributed by atoms with van der Waals surface area (Å²) in [5, 5.41) is 14.4. The van der Waals surface area contributed by atoms with Crippen LogP contribution in [0.15, 0.2) is 41.7 Å². The quantitative estimate of drug-likeness (QED) is 0.470. The fraction of sp³-hybridized carbons (Fsp3) is 0.348. The fourth-order valence-corrected chi connectivity index (χ4v) is 3.55. The Labute approximate surface area is 213 Å². The number of rotatable bonds is 2. The number of aromatic nitrogens is 5. The van der Waals surface area contributed by atoms with Crippen molar-refractivity contribution in [2.24, 2.45) is 5.92 Å². The van der Waals surface area contributed by atoms with E-state index in [1.807, 2.05) is 13.0 Å². The van der Waals surface area contributed by atoms with Crippen LogP contribution in [0.5, 0.6) is 0 Å². The number of hydrogen-bond acceptors (Lipinski definition) is 8. The molecule has 3 aromatic rings. The summed E-state index contributed by atoms with van der Waals surface area (Å²) in [6.07, 6.45) is 2.44. The number of fused-ring (bicyclic) bond motifs is 4. The van der Waals surface area contributed by atoms with Gasteiger partial charge in [0, 0.05) is 30.1 Å². The summed E-state index contributed by atoms with van der Waals surface area (Å²) in [4.78, 5) is 55.4. The second-order valence-electron chi connectivity index (χ2n) is 8.18. The standard InChI is InChI=1S/C21H22N6O4.C2HF3O2/c1-13-5-3-4-6-14-11-15(7-10-23-14)27-19(24-20(13)29)18(17(25-27)21(30)31-2)26-12-22-9-8-16(26)28;3-2(4,5)1(6)7/h7-13H,3-6H2,1-2H3,(H,24,29);(H,6,7). The first kappa shape index (κ1) is 28.0. The molecule has 2 N–H and O–H groups in total. The lowest BCUT2D eigenvalue weighted by molar-refractivity contribution is -0.192. The van der Waals surface area contributed by atoms with Gasteiger partial charge in [0.05, 0.1) is 12.8 Å². The minimum absolute atomic E-state index is 0.0981. The first-order valence-electron chi connectivity index (χ1n) is 11.2. The van der Waals surface area contributed by atoms with E-state index >= 15 is 0 Å². The Morgan fingerprint density at radius 2 is 1.89 bits per heavy atom. The molecule has 0 radical (unpaired) electrons. The van der Waals surface area contributed by atoms with E-state index in [1.54, 1.807) is 12.3 Å². The highest BCUT2D eigenvalue weighted by Crippen LogP contribution is 2.29. The summed E-state index contributed by atoms with van der Waals surface area (Å²) in [5.74, 6) is -3.82. The molecule has 4 heterocycles. The van der Waals surface area contributed by atoms with Gasteiger partial charge < -0.3 is 15.2 Å². The molecule has 1 unspecified atom stereocenters. The zero-order valence-electron chi connectivity index (χ0n) is 20.2. The van der Waals surface area contributed by atoms with Crippen LogP contribution >= 0.6 is 0 Å². The number of nitrogens with zero attached hydrogens (tertiary/aromatic N) is 5. The SMILES string of the molecule is COC(=O)c1nn2c(c1-n1cnccc1=O)NC(=O)C(C)CCCCc1cc-2ccn1.O=C(O)C(F)(F)F. The lowest BCUT2D eigenvalue weighted by atomic mass is 10.0. The molecule has 1 atom stereocenters. The number of anilines is 1. The number of halogens is 3. The van der Waals surface area contributed by atoms with E-state index < -0.39 is 23.7 Å². The second kappa shape index (κ2) is 11.7. The van der Waals surface area contributed by atoms with Gasteiger partial charge in [0.15, 0.2) is 11.5 Å². The number of carbonyl (C=O) groups excluding carboxylic acids is 2. The number of aliphatic carboxylic acids is 1. The zero-order chi connectivity index (χ0) is 28.0. The Bertz CT molecular complexity index is 1400. The van der Waals surface area contributed by atoms with E-state index in [0.717, 1.165) is 25.0 Å². The molecule has 0 saturated carbocycles. The molecule has 15 heteroatoms. The highest BCUT2D eigenvalue weighted by atomic mass is 19.4. The summed E-state index contributed by atoms with van der Waals surface area (Å²) in [5.41, 5.74) is 1.02. The highest BCUT2D eigenvalue weighted by Gasteiger charge is 2.38. The lowest BCUT2D eigenvalue weighted by Crippen LogP contribution is -2.25. The maximum Gasteiger partial charge on any atom is 0.490 e. The van der Waals surface area contributed by atoms with Crippen LogP contribution in [0.25, 0.3) is 11.4 Å². The molecule has 3 aromatic heterocycles. The van der Waals surface area contributed by atoms with Crippen molar-refractivity contribution in [2.75, 3.05) is 12.4 Å². The molecule has 4 rings (SSSR count). The third kappa shape index (κ3) is 6.41. The van der Waals surface area contributed by atoms with E-state index in [4.69, 9.17) is 14.6 Å². The third-order valence-corrected chi connectivity index (χ3v) is 5.50.